The fraction of sp³-hybridized carbons (Fsp3) is 0.800. The van der Waals surface area contributed by atoms with Crippen LogP contribution in [0.25, 0.3) is 0 Å². The first-order valence-electron chi connectivity index (χ1n) is 11.7. The van der Waals surface area contributed by atoms with Gasteiger partial charge in [0.25, 0.3) is 0 Å². The molecule has 27 heavy (non-hydrogen) atoms. The number of rotatable bonds is 15. The first-order chi connectivity index (χ1) is 13.0. The van der Waals surface area contributed by atoms with Crippen molar-refractivity contribution in [3.8, 4) is 0 Å². The van der Waals surface area contributed by atoms with Gasteiger partial charge in [0.05, 0.1) is 5.41 Å². The molecule has 1 unspecified atom stereocenters. The number of carbonyl (C=O) groups is 1. The summed E-state index contributed by atoms with van der Waals surface area (Å²) in [6, 6.07) is 0. The SMILES string of the molecule is CCCCCCCCC1=C(S)C(C)(CCCCCCCC)C(=O)C(CC)=C1. The highest BCUT2D eigenvalue weighted by Crippen LogP contribution is 2.45. The van der Waals surface area contributed by atoms with Crippen LogP contribution in [0.15, 0.2) is 22.1 Å². The average molecular weight is 393 g/mol. The lowest BCUT2D eigenvalue weighted by Crippen LogP contribution is -2.33. The summed E-state index contributed by atoms with van der Waals surface area (Å²) < 4.78 is 0. The molecule has 0 bridgehead atoms. The Morgan fingerprint density at radius 3 is 1.89 bits per heavy atom. The number of ketones is 1. The molecular formula is C25H44OS. The van der Waals surface area contributed by atoms with Gasteiger partial charge < -0.3 is 0 Å². The number of allylic oxidation sites excluding steroid dienone is 4. The molecule has 156 valence electrons. The third-order valence-electron chi connectivity index (χ3n) is 6.18. The third kappa shape index (κ3) is 7.80. The molecule has 1 nitrogen and oxygen atoms in total. The van der Waals surface area contributed by atoms with Crippen molar-refractivity contribution in [1.29, 1.82) is 0 Å². The van der Waals surface area contributed by atoms with E-state index in [-0.39, 0.29) is 5.41 Å². The predicted octanol–water partition coefficient (Wildman–Crippen LogP) is 8.60. The molecule has 1 rings (SSSR count). The molecule has 0 saturated heterocycles. The summed E-state index contributed by atoms with van der Waals surface area (Å²) in [6.07, 6.45) is 20.5. The lowest BCUT2D eigenvalue weighted by Gasteiger charge is -2.34. The number of unbranched alkanes of at least 4 members (excludes halogenated alkanes) is 10. The Morgan fingerprint density at radius 2 is 1.33 bits per heavy atom. The van der Waals surface area contributed by atoms with E-state index in [4.69, 9.17) is 12.6 Å². The highest BCUT2D eigenvalue weighted by atomic mass is 32.1. The van der Waals surface area contributed by atoms with Crippen molar-refractivity contribution in [3.05, 3.63) is 22.1 Å². The molecule has 0 radical (unpaired) electrons. The smallest absolute Gasteiger partial charge is 0.169 e. The molecule has 0 aromatic carbocycles. The van der Waals surface area contributed by atoms with Gasteiger partial charge in [0.1, 0.15) is 0 Å². The maximum absolute atomic E-state index is 13.1. The van der Waals surface area contributed by atoms with Gasteiger partial charge in [-0.1, -0.05) is 97.5 Å². The van der Waals surface area contributed by atoms with E-state index in [1.165, 1.54) is 76.2 Å². The highest BCUT2D eigenvalue weighted by Gasteiger charge is 2.40. The van der Waals surface area contributed by atoms with E-state index < -0.39 is 0 Å². The zero-order chi connectivity index (χ0) is 20.1. The van der Waals surface area contributed by atoms with Crippen molar-refractivity contribution < 1.29 is 4.79 Å². The minimum atomic E-state index is -0.383. The van der Waals surface area contributed by atoms with Crippen LogP contribution in [0.5, 0.6) is 0 Å². The van der Waals surface area contributed by atoms with Gasteiger partial charge in [-0.05, 0) is 48.7 Å². The van der Waals surface area contributed by atoms with Gasteiger partial charge in [-0.25, -0.2) is 0 Å². The van der Waals surface area contributed by atoms with Crippen LogP contribution < -0.4 is 0 Å². The van der Waals surface area contributed by atoms with Crippen LogP contribution in [0.1, 0.15) is 124 Å². The lowest BCUT2D eigenvalue weighted by molar-refractivity contribution is -0.122. The van der Waals surface area contributed by atoms with E-state index >= 15 is 0 Å². The Bertz CT molecular complexity index is 502. The van der Waals surface area contributed by atoms with Crippen LogP contribution in [0, 0.1) is 5.41 Å². The number of Topliss-reactive ketones (excluding diaryl/α,β-unsaturated/α-hetero) is 1. The van der Waals surface area contributed by atoms with E-state index in [1.54, 1.807) is 0 Å². The third-order valence-corrected chi connectivity index (χ3v) is 6.96. The van der Waals surface area contributed by atoms with E-state index in [0.29, 0.717) is 5.78 Å². The fourth-order valence-electron chi connectivity index (χ4n) is 4.20. The summed E-state index contributed by atoms with van der Waals surface area (Å²) in [7, 11) is 0. The summed E-state index contributed by atoms with van der Waals surface area (Å²) in [5.41, 5.74) is 1.96. The monoisotopic (exact) mass is 392 g/mol. The Labute approximate surface area is 174 Å². The van der Waals surface area contributed by atoms with Gasteiger partial charge in [0.2, 0.25) is 0 Å². The van der Waals surface area contributed by atoms with Gasteiger partial charge in [0.15, 0.2) is 5.78 Å². The van der Waals surface area contributed by atoms with Crippen LogP contribution in [0.3, 0.4) is 0 Å². The number of thiol groups is 1. The minimum Gasteiger partial charge on any atom is -0.294 e. The maximum atomic E-state index is 13.1. The molecule has 2 heteroatoms. The van der Waals surface area contributed by atoms with Crippen LogP contribution in [-0.2, 0) is 4.79 Å². The molecule has 0 aromatic rings. The summed E-state index contributed by atoms with van der Waals surface area (Å²) in [6.45, 7) is 8.77. The summed E-state index contributed by atoms with van der Waals surface area (Å²) >= 11 is 4.91. The van der Waals surface area contributed by atoms with Gasteiger partial charge in [0, 0.05) is 0 Å². The molecule has 0 amide bonds. The molecule has 0 fully saturated rings. The molecule has 0 N–H and O–H groups in total. The summed E-state index contributed by atoms with van der Waals surface area (Å²) in [4.78, 5) is 14.2. The van der Waals surface area contributed by atoms with Gasteiger partial charge in [-0.3, -0.25) is 4.79 Å². The Morgan fingerprint density at radius 1 is 0.815 bits per heavy atom. The summed E-state index contributed by atoms with van der Waals surface area (Å²) in [5, 5.41) is 0. The normalized spacial score (nSPS) is 20.3. The Kier molecular flexibility index (Phi) is 12.4. The van der Waals surface area contributed by atoms with Gasteiger partial charge in [-0.15, -0.1) is 12.6 Å². The molecule has 1 atom stereocenters. The second kappa shape index (κ2) is 13.6. The molecule has 0 spiro atoms. The highest BCUT2D eigenvalue weighted by molar-refractivity contribution is 7.84. The van der Waals surface area contributed by atoms with E-state index in [9.17, 15) is 4.79 Å². The number of hydrogen-bond donors (Lipinski definition) is 1. The molecule has 1 aliphatic rings. The minimum absolute atomic E-state index is 0.329. The van der Waals surface area contributed by atoms with Crippen LogP contribution in [0.4, 0.5) is 0 Å². The fourth-order valence-corrected chi connectivity index (χ4v) is 4.59. The summed E-state index contributed by atoms with van der Waals surface area (Å²) in [5.74, 6) is 0.329. The lowest BCUT2D eigenvalue weighted by atomic mass is 9.71. The second-order valence-electron chi connectivity index (χ2n) is 8.59. The predicted molar refractivity (Wildman–Crippen MR) is 123 cm³/mol. The largest absolute Gasteiger partial charge is 0.294 e. The molecule has 0 saturated carbocycles. The van der Waals surface area contributed by atoms with E-state index in [1.807, 2.05) is 0 Å². The van der Waals surface area contributed by atoms with Gasteiger partial charge >= 0.3 is 0 Å². The zero-order valence-electron chi connectivity index (χ0n) is 18.5. The average Bonchev–Trinajstić information content (AvgIpc) is 2.67. The molecule has 0 heterocycles. The van der Waals surface area contributed by atoms with Gasteiger partial charge in [-0.2, -0.15) is 0 Å². The standard InChI is InChI=1S/C25H44OS/c1-5-8-10-12-14-16-18-22-20-21(7-3)23(26)25(4,24(22)27)19-17-15-13-11-9-6-2/h20,27H,5-19H2,1-4H3. The number of hydrogen-bond acceptors (Lipinski definition) is 2. The van der Waals surface area contributed by atoms with Crippen molar-refractivity contribution in [2.24, 2.45) is 5.41 Å². The quantitative estimate of drug-likeness (QED) is 0.218. The van der Waals surface area contributed by atoms with Crippen molar-refractivity contribution in [2.45, 2.75) is 124 Å². The molecule has 1 aliphatic carbocycles. The van der Waals surface area contributed by atoms with Crippen LogP contribution >= 0.6 is 12.6 Å². The second-order valence-corrected chi connectivity index (χ2v) is 9.04. The van der Waals surface area contributed by atoms with Crippen LogP contribution in [0.2, 0.25) is 0 Å². The van der Waals surface area contributed by atoms with Crippen molar-refractivity contribution in [1.82, 2.24) is 0 Å². The van der Waals surface area contributed by atoms with E-state index in [0.717, 1.165) is 36.2 Å². The van der Waals surface area contributed by atoms with Crippen molar-refractivity contribution in [2.75, 3.05) is 0 Å². The van der Waals surface area contributed by atoms with E-state index in [2.05, 4.69) is 33.8 Å². The molecular weight excluding hydrogens is 348 g/mol. The van der Waals surface area contributed by atoms with Crippen molar-refractivity contribution in [3.63, 3.8) is 0 Å². The topological polar surface area (TPSA) is 17.1 Å². The Hall–Kier alpha value is -0.500. The van der Waals surface area contributed by atoms with Crippen LogP contribution in [-0.4, -0.2) is 5.78 Å². The first kappa shape index (κ1) is 24.5. The van der Waals surface area contributed by atoms with Crippen molar-refractivity contribution >= 4 is 18.4 Å². The molecule has 0 aromatic heterocycles. The first-order valence-corrected chi connectivity index (χ1v) is 12.1. The zero-order valence-corrected chi connectivity index (χ0v) is 19.4. The Balaban J connectivity index is 2.66. The molecule has 0 aliphatic heterocycles. The number of carbonyl (C=O) groups excluding carboxylic acids is 1. The maximum Gasteiger partial charge on any atom is 0.169 e.